The van der Waals surface area contributed by atoms with Gasteiger partial charge in [0.1, 0.15) is 5.82 Å². The molecule has 0 saturated carbocycles. The number of hydrogen-bond acceptors (Lipinski definition) is 5. The largest absolute Gasteiger partial charge is 0.490 e. The van der Waals surface area contributed by atoms with E-state index in [4.69, 9.17) is 9.90 Å². The summed E-state index contributed by atoms with van der Waals surface area (Å²) in [7, 11) is 1.93. The van der Waals surface area contributed by atoms with Crippen LogP contribution in [0.4, 0.5) is 23.2 Å². The van der Waals surface area contributed by atoms with Crippen LogP contribution in [0.15, 0.2) is 41.1 Å². The number of benzene rings is 1. The molecule has 7 nitrogen and oxygen atoms in total. The van der Waals surface area contributed by atoms with Gasteiger partial charge in [-0.2, -0.15) is 24.5 Å². The standard InChI is InChI=1S/C19H20FN3O2S.C2HF3O2/c1-21-10-17(24)23(14-6-9-26-11-14)13-19(21)7-8-22(12-19)18(25)15-4-2-3-5-16(15)20;3-2(4,5)1(6)7/h2-6,9,11H,7-8,10,12-13H2,1H3;(H,6,7). The van der Waals surface area contributed by atoms with Gasteiger partial charge in [-0.1, -0.05) is 12.1 Å². The van der Waals surface area contributed by atoms with Gasteiger partial charge in [-0.05, 0) is 37.0 Å². The van der Waals surface area contributed by atoms with Crippen molar-refractivity contribution in [2.75, 3.05) is 38.1 Å². The molecule has 33 heavy (non-hydrogen) atoms. The van der Waals surface area contributed by atoms with Crippen molar-refractivity contribution in [2.24, 2.45) is 0 Å². The normalized spacial score (nSPS) is 21.2. The second-order valence-corrected chi connectivity index (χ2v) is 8.58. The van der Waals surface area contributed by atoms with Gasteiger partial charge in [0, 0.05) is 25.0 Å². The Morgan fingerprint density at radius 2 is 1.82 bits per heavy atom. The zero-order chi connectivity index (χ0) is 24.4. The number of carboxylic acids is 1. The van der Waals surface area contributed by atoms with Crippen LogP contribution in [-0.2, 0) is 9.59 Å². The number of aliphatic carboxylic acids is 1. The molecule has 178 valence electrons. The van der Waals surface area contributed by atoms with E-state index in [2.05, 4.69) is 0 Å². The van der Waals surface area contributed by atoms with Crippen LogP contribution < -0.4 is 4.90 Å². The average molecular weight is 487 g/mol. The predicted octanol–water partition coefficient (Wildman–Crippen LogP) is 3.08. The van der Waals surface area contributed by atoms with Crippen LogP contribution in [0.1, 0.15) is 16.8 Å². The maximum atomic E-state index is 14.0. The van der Waals surface area contributed by atoms with Gasteiger partial charge in [0.2, 0.25) is 5.91 Å². The first-order valence-corrected chi connectivity index (χ1v) is 10.8. The fraction of sp³-hybridized carbons (Fsp3) is 0.381. The molecule has 3 heterocycles. The number of halogens is 4. The summed E-state index contributed by atoms with van der Waals surface area (Å²) in [5.41, 5.74) is 0.719. The van der Waals surface area contributed by atoms with Gasteiger partial charge in [0.15, 0.2) is 0 Å². The first-order chi connectivity index (χ1) is 15.4. The van der Waals surface area contributed by atoms with Gasteiger partial charge in [0.25, 0.3) is 5.91 Å². The third-order valence-corrected chi connectivity index (χ3v) is 6.39. The lowest BCUT2D eigenvalue weighted by molar-refractivity contribution is -0.192. The summed E-state index contributed by atoms with van der Waals surface area (Å²) < 4.78 is 45.7. The molecule has 1 spiro atoms. The number of carbonyl (C=O) groups is 3. The number of rotatable bonds is 2. The highest BCUT2D eigenvalue weighted by molar-refractivity contribution is 7.08. The number of nitrogens with zero attached hydrogens (tertiary/aromatic N) is 3. The highest BCUT2D eigenvalue weighted by atomic mass is 32.1. The van der Waals surface area contributed by atoms with Gasteiger partial charge >= 0.3 is 12.1 Å². The highest BCUT2D eigenvalue weighted by Gasteiger charge is 2.49. The predicted molar refractivity (Wildman–Crippen MR) is 113 cm³/mol. The van der Waals surface area contributed by atoms with Crippen molar-refractivity contribution in [3.63, 3.8) is 0 Å². The van der Waals surface area contributed by atoms with E-state index < -0.39 is 18.0 Å². The molecule has 1 aromatic heterocycles. The average Bonchev–Trinajstić information content (AvgIpc) is 3.42. The molecule has 12 heteroatoms. The molecule has 2 aliphatic rings. The molecule has 1 atom stereocenters. The van der Waals surface area contributed by atoms with Crippen molar-refractivity contribution in [1.82, 2.24) is 9.80 Å². The van der Waals surface area contributed by atoms with E-state index in [0.717, 1.165) is 12.1 Å². The summed E-state index contributed by atoms with van der Waals surface area (Å²) in [6.45, 7) is 1.91. The number of thiophene rings is 1. The summed E-state index contributed by atoms with van der Waals surface area (Å²) in [6.07, 6.45) is -4.32. The number of amides is 2. The van der Waals surface area contributed by atoms with Gasteiger partial charge in [0.05, 0.1) is 23.3 Å². The smallest absolute Gasteiger partial charge is 0.475 e. The maximum Gasteiger partial charge on any atom is 0.490 e. The summed E-state index contributed by atoms with van der Waals surface area (Å²) in [5.74, 6) is -3.47. The second kappa shape index (κ2) is 9.48. The van der Waals surface area contributed by atoms with Crippen molar-refractivity contribution in [3.8, 4) is 0 Å². The van der Waals surface area contributed by atoms with E-state index in [1.54, 1.807) is 28.4 Å². The fourth-order valence-electron chi connectivity index (χ4n) is 3.88. The first kappa shape index (κ1) is 24.6. The molecule has 1 N–H and O–H groups in total. The van der Waals surface area contributed by atoms with Crippen molar-refractivity contribution in [3.05, 3.63) is 52.5 Å². The molecule has 0 radical (unpaired) electrons. The third-order valence-electron chi connectivity index (χ3n) is 5.72. The van der Waals surface area contributed by atoms with Crippen molar-refractivity contribution >= 4 is 34.8 Å². The molecule has 1 aromatic carbocycles. The zero-order valence-electron chi connectivity index (χ0n) is 17.5. The van der Waals surface area contributed by atoms with E-state index in [-0.39, 0.29) is 22.9 Å². The van der Waals surface area contributed by atoms with E-state index in [1.165, 1.54) is 12.1 Å². The van der Waals surface area contributed by atoms with E-state index >= 15 is 0 Å². The molecule has 0 aliphatic carbocycles. The van der Waals surface area contributed by atoms with Crippen LogP contribution in [0.5, 0.6) is 0 Å². The van der Waals surface area contributed by atoms with E-state index in [0.29, 0.717) is 26.2 Å². The lowest BCUT2D eigenvalue weighted by Crippen LogP contribution is -2.64. The van der Waals surface area contributed by atoms with Crippen LogP contribution in [0, 0.1) is 5.82 Å². The number of likely N-dealkylation sites (N-methyl/N-ethyl adjacent to an activating group) is 1. The Balaban J connectivity index is 0.000000383. The molecule has 2 aromatic rings. The maximum absolute atomic E-state index is 14.0. The first-order valence-electron chi connectivity index (χ1n) is 9.82. The molecule has 2 saturated heterocycles. The van der Waals surface area contributed by atoms with Crippen LogP contribution >= 0.6 is 11.3 Å². The Morgan fingerprint density at radius 1 is 1.15 bits per heavy atom. The Bertz CT molecular complexity index is 1030. The number of anilines is 1. The summed E-state index contributed by atoms with van der Waals surface area (Å²) in [5, 5.41) is 11.0. The van der Waals surface area contributed by atoms with Crippen LogP contribution in [0.25, 0.3) is 0 Å². The van der Waals surface area contributed by atoms with Crippen LogP contribution in [0.2, 0.25) is 0 Å². The Morgan fingerprint density at radius 3 is 2.39 bits per heavy atom. The number of carboxylic acid groups (broad SMARTS) is 1. The molecular formula is C21H21F4N3O4S. The Hall–Kier alpha value is -2.99. The summed E-state index contributed by atoms with van der Waals surface area (Å²) >= 11 is 1.56. The minimum Gasteiger partial charge on any atom is -0.475 e. The second-order valence-electron chi connectivity index (χ2n) is 7.80. The van der Waals surface area contributed by atoms with Gasteiger partial charge in [-0.15, -0.1) is 0 Å². The number of hydrogen-bond donors (Lipinski definition) is 1. The third kappa shape index (κ3) is 5.33. The number of alkyl halides is 3. The van der Waals surface area contributed by atoms with Gasteiger partial charge in [-0.3, -0.25) is 14.5 Å². The number of likely N-dealkylation sites (tertiary alicyclic amines) is 1. The van der Waals surface area contributed by atoms with Crippen molar-refractivity contribution in [1.29, 1.82) is 0 Å². The van der Waals surface area contributed by atoms with Crippen molar-refractivity contribution < 1.29 is 37.1 Å². The van der Waals surface area contributed by atoms with E-state index in [1.807, 2.05) is 33.7 Å². The molecule has 0 bridgehead atoms. The molecule has 1 unspecified atom stereocenters. The van der Waals surface area contributed by atoms with Gasteiger partial charge < -0.3 is 14.9 Å². The quantitative estimate of drug-likeness (QED) is 0.659. The van der Waals surface area contributed by atoms with Crippen LogP contribution in [0.3, 0.4) is 0 Å². The Kier molecular flexibility index (Phi) is 7.08. The molecular weight excluding hydrogens is 466 g/mol. The summed E-state index contributed by atoms with van der Waals surface area (Å²) in [4.78, 5) is 39.7. The van der Waals surface area contributed by atoms with E-state index in [9.17, 15) is 27.2 Å². The van der Waals surface area contributed by atoms with Gasteiger partial charge in [-0.25, -0.2) is 9.18 Å². The lowest BCUT2D eigenvalue weighted by atomic mass is 9.93. The van der Waals surface area contributed by atoms with Crippen LogP contribution in [-0.4, -0.2) is 77.6 Å². The molecule has 2 amide bonds. The summed E-state index contributed by atoms with van der Waals surface area (Å²) in [6, 6.07) is 8.03. The monoisotopic (exact) mass is 487 g/mol. The number of carbonyl (C=O) groups excluding carboxylic acids is 2. The Labute approximate surface area is 190 Å². The zero-order valence-corrected chi connectivity index (χ0v) is 18.3. The fourth-order valence-corrected chi connectivity index (χ4v) is 4.52. The molecule has 4 rings (SSSR count). The topological polar surface area (TPSA) is 81.2 Å². The number of piperazine rings is 1. The lowest BCUT2D eigenvalue weighted by Gasteiger charge is -2.46. The van der Waals surface area contributed by atoms with Crippen molar-refractivity contribution in [2.45, 2.75) is 18.1 Å². The SMILES string of the molecule is CN1CC(=O)N(c2ccsc2)CC12CCN(C(=O)c1ccccc1F)C2.O=C(O)C(F)(F)F. The molecule has 2 aliphatic heterocycles. The molecule has 2 fully saturated rings. The minimum atomic E-state index is -5.08. The highest BCUT2D eigenvalue weighted by Crippen LogP contribution is 2.34. The minimum absolute atomic E-state index is 0.0652.